The van der Waals surface area contributed by atoms with Gasteiger partial charge in [0.25, 0.3) is 0 Å². The van der Waals surface area contributed by atoms with Crippen molar-refractivity contribution in [2.24, 2.45) is 0 Å². The third kappa shape index (κ3) is 6.56. The first kappa shape index (κ1) is 30.5. The number of aliphatic hydroxyl groups excluding tert-OH is 8. The zero-order chi connectivity index (χ0) is 27.6. The Bertz CT molecular complexity index is 731. The summed E-state index contributed by atoms with van der Waals surface area (Å²) in [6.07, 6.45) is -20.3. The van der Waals surface area contributed by atoms with Gasteiger partial charge in [-0.2, -0.15) is 0 Å². The number of amides is 1. The fourth-order valence-corrected chi connectivity index (χ4v) is 4.48. The minimum Gasteiger partial charge on any atom is -0.394 e. The van der Waals surface area contributed by atoms with E-state index in [4.69, 9.17) is 28.4 Å². The highest BCUT2D eigenvalue weighted by molar-refractivity contribution is 5.73. The quantitative estimate of drug-likeness (QED) is 0.138. The normalized spacial score (nSPS) is 49.0. The van der Waals surface area contributed by atoms with Crippen molar-refractivity contribution in [1.29, 1.82) is 0 Å². The molecule has 0 radical (unpaired) electrons. The van der Waals surface area contributed by atoms with E-state index in [0.29, 0.717) is 0 Å². The van der Waals surface area contributed by atoms with Crippen LogP contribution < -0.4 is 5.32 Å². The number of hydrogen-bond donors (Lipinski definition) is 9. The second-order valence-electron chi connectivity index (χ2n) is 9.31. The van der Waals surface area contributed by atoms with E-state index in [1.807, 2.05) is 0 Å². The lowest BCUT2D eigenvalue weighted by Crippen LogP contribution is -2.68. The van der Waals surface area contributed by atoms with E-state index >= 15 is 0 Å². The molecule has 3 fully saturated rings. The summed E-state index contributed by atoms with van der Waals surface area (Å²) in [6.45, 7) is 1.44. The van der Waals surface area contributed by atoms with Crippen LogP contribution >= 0.6 is 0 Å². The first-order valence-electron chi connectivity index (χ1n) is 11.8. The molecule has 16 nitrogen and oxygen atoms in total. The van der Waals surface area contributed by atoms with E-state index in [1.165, 1.54) is 14.0 Å². The zero-order valence-corrected chi connectivity index (χ0v) is 20.5. The van der Waals surface area contributed by atoms with E-state index in [2.05, 4.69) is 5.32 Å². The molecule has 9 N–H and O–H groups in total. The SMILES string of the molecule is CO[C@@H]1O[C@H](CO)[C@H](O)[C@H](O[C@@H]2O[C@H](CO[C@@H]3O[C@@H](C)[C@@H](O)[C@@H](O)[C@@H]3O)[C@@H](O)[C@H](O)[C@H]2NC(C)=O)[C@H]1O. The summed E-state index contributed by atoms with van der Waals surface area (Å²) >= 11 is 0. The monoisotopic (exact) mass is 543 g/mol. The van der Waals surface area contributed by atoms with Crippen LogP contribution in [-0.4, -0.2) is 159 Å². The molecule has 3 rings (SSSR count). The molecule has 0 aromatic heterocycles. The molecule has 1 amide bonds. The molecule has 15 atom stereocenters. The maximum atomic E-state index is 11.8. The third-order valence-corrected chi connectivity index (χ3v) is 6.65. The van der Waals surface area contributed by atoms with E-state index in [-0.39, 0.29) is 0 Å². The molecule has 3 saturated heterocycles. The van der Waals surface area contributed by atoms with Gasteiger partial charge in [-0.05, 0) is 6.92 Å². The third-order valence-electron chi connectivity index (χ3n) is 6.65. The fraction of sp³-hybridized carbons (Fsp3) is 0.952. The van der Waals surface area contributed by atoms with Crippen molar-refractivity contribution in [2.75, 3.05) is 20.3 Å². The highest BCUT2D eigenvalue weighted by atomic mass is 16.7. The van der Waals surface area contributed by atoms with Gasteiger partial charge in [-0.15, -0.1) is 0 Å². The van der Waals surface area contributed by atoms with Crippen molar-refractivity contribution in [2.45, 2.75) is 106 Å². The topological polar surface area (TPSA) is 246 Å². The maximum absolute atomic E-state index is 11.8. The van der Waals surface area contributed by atoms with Crippen LogP contribution in [0, 0.1) is 0 Å². The largest absolute Gasteiger partial charge is 0.394 e. The second kappa shape index (κ2) is 12.8. The minimum absolute atomic E-state index is 0.513. The molecule has 0 aliphatic carbocycles. The lowest BCUT2D eigenvalue weighted by molar-refractivity contribution is -0.351. The van der Waals surface area contributed by atoms with Crippen LogP contribution in [0.1, 0.15) is 13.8 Å². The number of hydrogen-bond acceptors (Lipinski definition) is 15. The van der Waals surface area contributed by atoms with E-state index in [0.717, 1.165) is 6.92 Å². The van der Waals surface area contributed by atoms with E-state index < -0.39 is 111 Å². The van der Waals surface area contributed by atoms with Gasteiger partial charge in [-0.25, -0.2) is 0 Å². The van der Waals surface area contributed by atoms with Gasteiger partial charge in [0.15, 0.2) is 18.9 Å². The van der Waals surface area contributed by atoms with Gasteiger partial charge in [0.2, 0.25) is 5.91 Å². The number of nitrogens with one attached hydrogen (secondary N) is 1. The maximum Gasteiger partial charge on any atom is 0.217 e. The molecule has 16 heteroatoms. The lowest BCUT2D eigenvalue weighted by Gasteiger charge is -2.47. The average Bonchev–Trinajstić information content (AvgIpc) is 2.86. The molecular formula is C21H37NO15. The number of rotatable bonds is 8. The molecular weight excluding hydrogens is 506 g/mol. The summed E-state index contributed by atoms with van der Waals surface area (Å²) in [5, 5.41) is 84.4. The molecule has 37 heavy (non-hydrogen) atoms. The summed E-state index contributed by atoms with van der Waals surface area (Å²) in [5.74, 6) is -0.612. The lowest BCUT2D eigenvalue weighted by atomic mass is 9.95. The van der Waals surface area contributed by atoms with Crippen LogP contribution in [-0.2, 0) is 33.2 Å². The zero-order valence-electron chi connectivity index (χ0n) is 20.5. The number of aliphatic hydroxyl groups is 8. The van der Waals surface area contributed by atoms with Crippen LogP contribution in [0.2, 0.25) is 0 Å². The first-order chi connectivity index (χ1) is 17.4. The number of methoxy groups -OCH3 is 1. The Labute approximate surface area is 212 Å². The molecule has 216 valence electrons. The van der Waals surface area contributed by atoms with E-state index in [9.17, 15) is 45.6 Å². The molecule has 0 saturated carbocycles. The summed E-state index contributed by atoms with van der Waals surface area (Å²) in [4.78, 5) is 11.8. The summed E-state index contributed by atoms with van der Waals surface area (Å²) < 4.78 is 32.6. The Morgan fingerprint density at radius 3 is 2.03 bits per heavy atom. The molecule has 0 bridgehead atoms. The van der Waals surface area contributed by atoms with E-state index in [1.54, 1.807) is 0 Å². The Morgan fingerprint density at radius 1 is 0.784 bits per heavy atom. The standard InChI is InChI=1S/C21H37NO15/c1-6-11(25)15(29)16(30)21(34-6)33-5-9-12(26)14(28)10(22-7(2)24)19(36-9)37-18-13(27)8(4-23)35-20(32-3)17(18)31/h6,8-21,23,25-31H,4-5H2,1-3H3,(H,22,24)/t6-,8+,9+,10+,11+,12+,13-,14+,15+,16-,17+,18-,19-,20+,21+/m0/s1. The Hall–Kier alpha value is -1.09. The Kier molecular flexibility index (Phi) is 10.6. The van der Waals surface area contributed by atoms with Crippen LogP contribution in [0.3, 0.4) is 0 Å². The number of carbonyl (C=O) groups is 1. The van der Waals surface area contributed by atoms with Crippen LogP contribution in [0.4, 0.5) is 0 Å². The van der Waals surface area contributed by atoms with Gasteiger partial charge in [0.1, 0.15) is 67.1 Å². The highest BCUT2D eigenvalue weighted by Gasteiger charge is 2.52. The number of carbonyl (C=O) groups excluding carboxylic acids is 1. The number of ether oxygens (including phenoxy) is 6. The predicted molar refractivity (Wildman–Crippen MR) is 116 cm³/mol. The van der Waals surface area contributed by atoms with Crippen molar-refractivity contribution in [3.8, 4) is 0 Å². The summed E-state index contributed by atoms with van der Waals surface area (Å²) in [7, 11) is 1.22. The van der Waals surface area contributed by atoms with Gasteiger partial charge >= 0.3 is 0 Å². The van der Waals surface area contributed by atoms with Gasteiger partial charge in [-0.3, -0.25) is 4.79 Å². The van der Waals surface area contributed by atoms with Crippen LogP contribution in [0.5, 0.6) is 0 Å². The molecule has 0 aromatic carbocycles. The van der Waals surface area contributed by atoms with Gasteiger partial charge in [0.05, 0.1) is 19.3 Å². The molecule has 0 unspecified atom stereocenters. The second-order valence-corrected chi connectivity index (χ2v) is 9.31. The molecule has 0 aromatic rings. The summed E-state index contributed by atoms with van der Waals surface area (Å²) in [5.41, 5.74) is 0. The predicted octanol–water partition coefficient (Wildman–Crippen LogP) is -5.75. The molecule has 0 spiro atoms. The van der Waals surface area contributed by atoms with Crippen molar-refractivity contribution in [3.63, 3.8) is 0 Å². The van der Waals surface area contributed by atoms with Gasteiger partial charge < -0.3 is 74.6 Å². The van der Waals surface area contributed by atoms with Crippen molar-refractivity contribution in [1.82, 2.24) is 5.32 Å². The smallest absolute Gasteiger partial charge is 0.217 e. The molecule has 3 aliphatic heterocycles. The van der Waals surface area contributed by atoms with Crippen LogP contribution in [0.15, 0.2) is 0 Å². The van der Waals surface area contributed by atoms with Crippen molar-refractivity contribution >= 4 is 5.91 Å². The highest BCUT2D eigenvalue weighted by Crippen LogP contribution is 2.30. The van der Waals surface area contributed by atoms with Crippen molar-refractivity contribution in [3.05, 3.63) is 0 Å². The Morgan fingerprint density at radius 2 is 1.43 bits per heavy atom. The average molecular weight is 544 g/mol. The van der Waals surface area contributed by atoms with Gasteiger partial charge in [0, 0.05) is 14.0 Å². The van der Waals surface area contributed by atoms with Crippen LogP contribution in [0.25, 0.3) is 0 Å². The molecule has 3 heterocycles. The Balaban J connectivity index is 1.76. The first-order valence-corrected chi connectivity index (χ1v) is 11.8. The fourth-order valence-electron chi connectivity index (χ4n) is 4.48. The van der Waals surface area contributed by atoms with Crippen molar-refractivity contribution < 1.29 is 74.1 Å². The molecule has 3 aliphatic rings. The summed E-state index contributed by atoms with van der Waals surface area (Å²) in [6, 6.07) is -1.37. The van der Waals surface area contributed by atoms with Gasteiger partial charge in [-0.1, -0.05) is 0 Å². The minimum atomic E-state index is -1.68.